The quantitative estimate of drug-likeness (QED) is 0.883. The molecule has 1 atom stereocenters. The van der Waals surface area contributed by atoms with Gasteiger partial charge < -0.3 is 10.4 Å². The predicted octanol–water partition coefficient (Wildman–Crippen LogP) is 3.96. The summed E-state index contributed by atoms with van der Waals surface area (Å²) in [7, 11) is 0. The van der Waals surface area contributed by atoms with Gasteiger partial charge in [0.15, 0.2) is 0 Å². The Morgan fingerprint density at radius 1 is 1.22 bits per heavy atom. The largest absolute Gasteiger partial charge is 0.478 e. The Morgan fingerprint density at radius 2 is 1.83 bits per heavy atom. The van der Waals surface area contributed by atoms with E-state index in [-0.39, 0.29) is 10.4 Å². The topological polar surface area (TPSA) is 66.4 Å². The van der Waals surface area contributed by atoms with E-state index in [1.54, 1.807) is 6.92 Å². The van der Waals surface area contributed by atoms with E-state index in [0.717, 1.165) is 23.5 Å². The Balaban J connectivity index is 2.07. The number of carbonyl (C=O) groups excluding carboxylic acids is 1. The second kappa shape index (κ2) is 6.41. The van der Waals surface area contributed by atoms with Crippen molar-refractivity contribution in [2.45, 2.75) is 19.1 Å². The molecule has 1 aromatic carbocycles. The molecular weight excluding hydrogens is 331 g/mol. The van der Waals surface area contributed by atoms with Crippen LogP contribution in [0.3, 0.4) is 0 Å². The van der Waals surface area contributed by atoms with Crippen LogP contribution in [-0.2, 0) is 6.18 Å². The molecule has 0 aliphatic carbocycles. The summed E-state index contributed by atoms with van der Waals surface area (Å²) >= 11 is 0.987. The van der Waals surface area contributed by atoms with Gasteiger partial charge in [-0.2, -0.15) is 13.2 Å². The third kappa shape index (κ3) is 4.10. The van der Waals surface area contributed by atoms with Crippen LogP contribution in [0, 0.1) is 0 Å². The van der Waals surface area contributed by atoms with Crippen molar-refractivity contribution in [2.75, 3.05) is 0 Å². The highest BCUT2D eigenvalue weighted by atomic mass is 32.1. The lowest BCUT2D eigenvalue weighted by Crippen LogP contribution is -2.26. The van der Waals surface area contributed by atoms with Gasteiger partial charge in [0.1, 0.15) is 0 Å². The van der Waals surface area contributed by atoms with Gasteiger partial charge in [0, 0.05) is 5.38 Å². The van der Waals surface area contributed by atoms with Crippen molar-refractivity contribution in [2.24, 2.45) is 0 Å². The summed E-state index contributed by atoms with van der Waals surface area (Å²) in [5, 5.41) is 12.8. The molecule has 1 amide bonds. The van der Waals surface area contributed by atoms with E-state index in [4.69, 9.17) is 5.11 Å². The summed E-state index contributed by atoms with van der Waals surface area (Å²) < 4.78 is 37.5. The van der Waals surface area contributed by atoms with Crippen LogP contribution in [0.4, 0.5) is 13.2 Å². The van der Waals surface area contributed by atoms with Gasteiger partial charge in [0.05, 0.1) is 22.0 Å². The highest BCUT2D eigenvalue weighted by Crippen LogP contribution is 2.30. The fourth-order valence-corrected chi connectivity index (χ4v) is 2.66. The fourth-order valence-electron chi connectivity index (χ4n) is 1.88. The molecule has 4 nitrogen and oxygen atoms in total. The van der Waals surface area contributed by atoms with E-state index in [0.29, 0.717) is 5.56 Å². The molecule has 0 aliphatic heterocycles. The minimum absolute atomic E-state index is 0.0160. The number of carbonyl (C=O) groups is 2. The average molecular weight is 343 g/mol. The molecule has 2 rings (SSSR count). The van der Waals surface area contributed by atoms with Gasteiger partial charge in [-0.1, -0.05) is 12.1 Å². The van der Waals surface area contributed by atoms with Crippen LogP contribution in [0.2, 0.25) is 0 Å². The van der Waals surface area contributed by atoms with E-state index >= 15 is 0 Å². The molecule has 2 aromatic rings. The summed E-state index contributed by atoms with van der Waals surface area (Å²) in [5.41, 5.74) is -0.229. The van der Waals surface area contributed by atoms with Crippen LogP contribution in [-0.4, -0.2) is 17.0 Å². The van der Waals surface area contributed by atoms with E-state index in [9.17, 15) is 22.8 Å². The Morgan fingerprint density at radius 3 is 2.30 bits per heavy atom. The van der Waals surface area contributed by atoms with Gasteiger partial charge in [-0.3, -0.25) is 4.79 Å². The second-order valence-electron chi connectivity index (χ2n) is 4.82. The van der Waals surface area contributed by atoms with Crippen LogP contribution in [0.1, 0.15) is 44.1 Å². The first-order valence-corrected chi connectivity index (χ1v) is 7.36. The molecule has 1 aromatic heterocycles. The Labute approximate surface area is 133 Å². The molecule has 0 fully saturated rings. The highest BCUT2D eigenvalue weighted by Gasteiger charge is 2.30. The van der Waals surface area contributed by atoms with Crippen LogP contribution in [0.5, 0.6) is 0 Å². The molecule has 122 valence electrons. The molecule has 0 aliphatic rings. The zero-order chi connectivity index (χ0) is 17.2. The Hall–Kier alpha value is -2.35. The second-order valence-corrected chi connectivity index (χ2v) is 5.73. The van der Waals surface area contributed by atoms with E-state index in [2.05, 4.69) is 5.32 Å². The van der Waals surface area contributed by atoms with Crippen molar-refractivity contribution in [3.8, 4) is 0 Å². The maximum Gasteiger partial charge on any atom is 0.416 e. The van der Waals surface area contributed by atoms with Crippen molar-refractivity contribution in [3.05, 3.63) is 57.3 Å². The SMILES string of the molecule is C[C@@H](NC(=O)c1cc(C(=O)O)cs1)c1ccc(C(F)(F)F)cc1. The number of benzene rings is 1. The summed E-state index contributed by atoms with van der Waals surface area (Å²) in [6, 6.07) is 5.23. The lowest BCUT2D eigenvalue weighted by atomic mass is 10.1. The number of alkyl halides is 3. The molecular formula is C15H12F3NO3S. The molecule has 23 heavy (non-hydrogen) atoms. The first-order valence-electron chi connectivity index (χ1n) is 6.48. The number of rotatable bonds is 4. The molecule has 0 saturated carbocycles. The number of hydrogen-bond donors (Lipinski definition) is 2. The highest BCUT2D eigenvalue weighted by molar-refractivity contribution is 7.12. The maximum absolute atomic E-state index is 12.5. The Kier molecular flexibility index (Phi) is 4.74. The van der Waals surface area contributed by atoms with Crippen molar-refractivity contribution in [1.82, 2.24) is 5.32 Å². The first kappa shape index (κ1) is 17.0. The molecule has 2 N–H and O–H groups in total. The number of nitrogens with one attached hydrogen (secondary N) is 1. The number of carboxylic acids is 1. The lowest BCUT2D eigenvalue weighted by Gasteiger charge is -2.15. The maximum atomic E-state index is 12.5. The molecule has 8 heteroatoms. The van der Waals surface area contributed by atoms with E-state index < -0.39 is 29.7 Å². The third-order valence-electron chi connectivity index (χ3n) is 3.16. The van der Waals surface area contributed by atoms with Gasteiger partial charge in [-0.25, -0.2) is 4.79 Å². The normalized spacial score (nSPS) is 12.7. The number of halogens is 3. The van der Waals surface area contributed by atoms with Crippen molar-refractivity contribution < 1.29 is 27.9 Å². The van der Waals surface area contributed by atoms with Gasteiger partial charge in [-0.15, -0.1) is 11.3 Å². The number of aromatic carboxylic acids is 1. The number of amides is 1. The predicted molar refractivity (Wildman–Crippen MR) is 78.6 cm³/mol. The number of hydrogen-bond acceptors (Lipinski definition) is 3. The van der Waals surface area contributed by atoms with Crippen LogP contribution in [0.25, 0.3) is 0 Å². The third-order valence-corrected chi connectivity index (χ3v) is 4.08. The van der Waals surface area contributed by atoms with Gasteiger partial charge in [0.25, 0.3) is 5.91 Å². The summed E-state index contributed by atoms with van der Waals surface area (Å²) in [5.74, 6) is -1.61. The molecule has 0 spiro atoms. The first-order chi connectivity index (χ1) is 10.7. The lowest BCUT2D eigenvalue weighted by molar-refractivity contribution is -0.137. The van der Waals surface area contributed by atoms with Crippen LogP contribution in [0.15, 0.2) is 35.7 Å². The summed E-state index contributed by atoms with van der Waals surface area (Å²) in [6.45, 7) is 1.63. The molecule has 0 saturated heterocycles. The summed E-state index contributed by atoms with van der Waals surface area (Å²) in [4.78, 5) is 23.0. The molecule has 1 heterocycles. The van der Waals surface area contributed by atoms with Gasteiger partial charge >= 0.3 is 12.1 Å². The van der Waals surface area contributed by atoms with E-state index in [1.807, 2.05) is 0 Å². The smallest absolute Gasteiger partial charge is 0.416 e. The standard InChI is InChI=1S/C15H12F3NO3S/c1-8(9-2-4-11(5-3-9)15(16,17)18)19-13(20)12-6-10(7-23-12)14(21)22/h2-8H,1H3,(H,19,20)(H,21,22)/t8-/m1/s1. The van der Waals surface area contributed by atoms with Crippen molar-refractivity contribution in [1.29, 1.82) is 0 Å². The Bertz CT molecular complexity index is 722. The number of carboxylic acid groups (broad SMARTS) is 1. The van der Waals surface area contributed by atoms with Gasteiger partial charge in [-0.05, 0) is 30.7 Å². The monoisotopic (exact) mass is 343 g/mol. The number of thiophene rings is 1. The van der Waals surface area contributed by atoms with Crippen LogP contribution < -0.4 is 5.32 Å². The molecule has 0 radical (unpaired) electrons. The van der Waals surface area contributed by atoms with Crippen molar-refractivity contribution in [3.63, 3.8) is 0 Å². The van der Waals surface area contributed by atoms with E-state index in [1.165, 1.54) is 23.6 Å². The zero-order valence-electron chi connectivity index (χ0n) is 11.8. The molecule has 0 unspecified atom stereocenters. The van der Waals surface area contributed by atoms with Gasteiger partial charge in [0.2, 0.25) is 0 Å². The minimum atomic E-state index is -4.41. The fraction of sp³-hybridized carbons (Fsp3) is 0.200. The molecule has 0 bridgehead atoms. The van der Waals surface area contributed by atoms with Crippen LogP contribution >= 0.6 is 11.3 Å². The average Bonchev–Trinajstić information content (AvgIpc) is 2.96. The zero-order valence-corrected chi connectivity index (χ0v) is 12.7. The minimum Gasteiger partial charge on any atom is -0.478 e. The van der Waals surface area contributed by atoms with Crippen molar-refractivity contribution >= 4 is 23.2 Å². The summed E-state index contributed by atoms with van der Waals surface area (Å²) in [6.07, 6.45) is -4.41.